The molecule has 0 spiro atoms. The molecule has 2 aromatic carbocycles. The van der Waals surface area contributed by atoms with Crippen LogP contribution in [0.3, 0.4) is 0 Å². The van der Waals surface area contributed by atoms with Crippen molar-refractivity contribution in [3.8, 4) is 0 Å². The monoisotopic (exact) mass is 542 g/mol. The number of hydrogen-bond donors (Lipinski definition) is 7. The summed E-state index contributed by atoms with van der Waals surface area (Å²) >= 11 is 0. The number of aromatic carboxylic acids is 1. The fourth-order valence-electron chi connectivity index (χ4n) is 3.25. The summed E-state index contributed by atoms with van der Waals surface area (Å²) in [5.41, 5.74) is 8.55. The minimum atomic E-state index is -1.49. The summed E-state index contributed by atoms with van der Waals surface area (Å²) in [4.78, 5) is 72.1. The van der Waals surface area contributed by atoms with Crippen molar-refractivity contribution in [2.24, 2.45) is 5.11 Å². The van der Waals surface area contributed by atoms with E-state index in [1.807, 2.05) is 0 Å². The molecule has 2 atom stereocenters. The number of carbonyl (C=O) groups excluding carboxylic acids is 2. The molecule has 0 bridgehead atoms. The van der Waals surface area contributed by atoms with Crippen molar-refractivity contribution in [3.63, 3.8) is 0 Å². The van der Waals surface area contributed by atoms with Crippen LogP contribution in [0.2, 0.25) is 0 Å². The zero-order valence-corrected chi connectivity index (χ0v) is 19.9. The minimum Gasteiger partial charge on any atom is -0.481 e. The largest absolute Gasteiger partial charge is 0.481 e. The molecule has 3 amide bonds. The van der Waals surface area contributed by atoms with Gasteiger partial charge in [0.1, 0.15) is 6.04 Å². The van der Waals surface area contributed by atoms with E-state index in [4.69, 9.17) is 15.7 Å². The number of nitrogens with one attached hydrogen (secondary N) is 3. The first-order chi connectivity index (χ1) is 18.4. The molecule has 0 fully saturated rings. The van der Waals surface area contributed by atoms with Crippen LogP contribution in [0.15, 0.2) is 47.6 Å². The van der Waals surface area contributed by atoms with E-state index in [0.717, 1.165) is 12.1 Å². The van der Waals surface area contributed by atoms with Gasteiger partial charge in [0.15, 0.2) is 0 Å². The van der Waals surface area contributed by atoms with Crippen molar-refractivity contribution in [3.05, 3.63) is 69.6 Å². The smallest absolute Gasteiger partial charge is 0.335 e. The maximum Gasteiger partial charge on any atom is 0.335 e. The number of urea groups is 1. The summed E-state index contributed by atoms with van der Waals surface area (Å²) in [5.74, 6) is -7.36. The average Bonchev–Trinajstić information content (AvgIpc) is 2.87. The van der Waals surface area contributed by atoms with Crippen LogP contribution in [0.5, 0.6) is 0 Å². The molecule has 204 valence electrons. The van der Waals surface area contributed by atoms with Crippen LogP contribution in [0.1, 0.15) is 45.0 Å². The number of anilines is 1. The molecule has 39 heavy (non-hydrogen) atoms. The summed E-state index contributed by atoms with van der Waals surface area (Å²) in [6.07, 6.45) is -0.876. The van der Waals surface area contributed by atoms with Gasteiger partial charge in [-0.25, -0.2) is 14.4 Å². The average molecular weight is 542 g/mol. The molecule has 0 unspecified atom stereocenters. The second-order valence-electron chi connectivity index (χ2n) is 7.91. The van der Waals surface area contributed by atoms with Gasteiger partial charge >= 0.3 is 29.9 Å². The van der Waals surface area contributed by atoms with E-state index in [1.54, 1.807) is 0 Å². The number of aliphatic carboxylic acids is 3. The summed E-state index contributed by atoms with van der Waals surface area (Å²) in [6.45, 7) is -0.442. The number of amides is 3. The number of hydrogen-bond acceptors (Lipinski definition) is 7. The summed E-state index contributed by atoms with van der Waals surface area (Å²) in [7, 11) is 0. The molecule has 0 aromatic heterocycles. The molecule has 0 heterocycles. The van der Waals surface area contributed by atoms with E-state index in [2.05, 4.69) is 26.0 Å². The summed E-state index contributed by atoms with van der Waals surface area (Å²) in [5, 5.41) is 46.7. The predicted molar refractivity (Wildman–Crippen MR) is 132 cm³/mol. The van der Waals surface area contributed by atoms with Crippen LogP contribution >= 0.6 is 0 Å². The Morgan fingerprint density at radius 1 is 0.897 bits per heavy atom. The molecule has 0 saturated heterocycles. The molecule has 16 nitrogen and oxygen atoms in total. The van der Waals surface area contributed by atoms with E-state index in [0.29, 0.717) is 0 Å². The first kappa shape index (κ1) is 29.6. The van der Waals surface area contributed by atoms with Crippen molar-refractivity contribution in [2.45, 2.75) is 24.8 Å². The zero-order valence-electron chi connectivity index (χ0n) is 19.9. The Morgan fingerprint density at radius 2 is 1.54 bits per heavy atom. The number of carbonyl (C=O) groups is 6. The minimum absolute atomic E-state index is 0.0877. The van der Waals surface area contributed by atoms with E-state index in [9.17, 15) is 39.0 Å². The highest BCUT2D eigenvalue weighted by Gasteiger charge is 2.24. The normalized spacial score (nSPS) is 11.7. The van der Waals surface area contributed by atoms with E-state index in [-0.39, 0.29) is 34.5 Å². The Morgan fingerprint density at radius 3 is 2.08 bits per heavy atom. The number of nitrogens with zero attached hydrogens (tertiary/aromatic N) is 3. The first-order valence-corrected chi connectivity index (χ1v) is 11.0. The molecule has 0 aliphatic rings. The number of carboxylic acid groups (broad SMARTS) is 4. The van der Waals surface area contributed by atoms with Gasteiger partial charge in [-0.15, -0.1) is 0 Å². The van der Waals surface area contributed by atoms with Gasteiger partial charge in [-0.1, -0.05) is 17.2 Å². The molecule has 0 saturated carbocycles. The van der Waals surface area contributed by atoms with Crippen LogP contribution in [-0.4, -0.2) is 68.8 Å². The number of rotatable bonds is 13. The van der Waals surface area contributed by atoms with Gasteiger partial charge in [-0.05, 0) is 47.8 Å². The maximum absolute atomic E-state index is 12.6. The van der Waals surface area contributed by atoms with Crippen LogP contribution in [0.25, 0.3) is 10.4 Å². The third kappa shape index (κ3) is 9.07. The quantitative estimate of drug-likeness (QED) is 0.110. The van der Waals surface area contributed by atoms with E-state index in [1.165, 1.54) is 30.3 Å². The Bertz CT molecular complexity index is 1320. The third-order valence-electron chi connectivity index (χ3n) is 5.17. The number of carboxylic acids is 4. The molecule has 2 aromatic rings. The van der Waals surface area contributed by atoms with Gasteiger partial charge in [0.2, 0.25) is 0 Å². The fraction of sp³-hybridized carbons (Fsp3) is 0.217. The molecule has 0 aliphatic heterocycles. The molecule has 0 radical (unpaired) electrons. The lowest BCUT2D eigenvalue weighted by atomic mass is 9.99. The van der Waals surface area contributed by atoms with Crippen molar-refractivity contribution >= 4 is 47.2 Å². The number of azide groups is 1. The Labute approximate surface area is 218 Å². The third-order valence-corrected chi connectivity index (χ3v) is 5.17. The van der Waals surface area contributed by atoms with Crippen LogP contribution in [-0.2, 0) is 14.4 Å². The van der Waals surface area contributed by atoms with Crippen molar-refractivity contribution in [1.82, 2.24) is 10.6 Å². The second kappa shape index (κ2) is 13.6. The van der Waals surface area contributed by atoms with Crippen molar-refractivity contribution in [2.75, 3.05) is 11.9 Å². The van der Waals surface area contributed by atoms with Gasteiger partial charge in [0.25, 0.3) is 5.91 Å². The lowest BCUT2D eigenvalue weighted by molar-refractivity contribution is -0.141. The molecular formula is C23H22N6O10. The fourth-order valence-corrected chi connectivity index (χ4v) is 3.25. The van der Waals surface area contributed by atoms with Gasteiger partial charge < -0.3 is 36.4 Å². The SMILES string of the molecule is [N-]=[N+]=Nc1cc(C(=O)O)cc(C(=O)Nc2ccc([C@H](CNC(=O)N[C@@H](CCC(=O)O)C(=O)O)C(=O)O)cc2)c1. The summed E-state index contributed by atoms with van der Waals surface area (Å²) in [6, 6.07) is 6.31. The Kier molecular flexibility index (Phi) is 10.3. The summed E-state index contributed by atoms with van der Waals surface area (Å²) < 4.78 is 0. The highest BCUT2D eigenvalue weighted by molar-refractivity contribution is 6.06. The van der Waals surface area contributed by atoms with Crippen LogP contribution in [0.4, 0.5) is 16.2 Å². The van der Waals surface area contributed by atoms with Gasteiger partial charge in [0, 0.05) is 34.8 Å². The highest BCUT2D eigenvalue weighted by atomic mass is 16.4. The molecule has 0 aliphatic carbocycles. The van der Waals surface area contributed by atoms with E-state index < -0.39 is 60.7 Å². The number of benzene rings is 2. The van der Waals surface area contributed by atoms with Gasteiger partial charge in [-0.2, -0.15) is 0 Å². The standard InChI is InChI=1S/C23H22N6O10/c24-29-28-15-8-12(7-13(9-15)20(33)34)19(32)26-14-3-1-11(2-4-14)16(21(35)36)10-25-23(39)27-17(22(37)38)5-6-18(30)31/h1-4,7-9,16-17H,5-6,10H2,(H,26,32)(H,30,31)(H,33,34)(H,35,36)(H,37,38)(H2,25,27,39)/t16-,17-/m0/s1. The van der Waals surface area contributed by atoms with E-state index >= 15 is 0 Å². The lowest BCUT2D eigenvalue weighted by Gasteiger charge is -2.17. The van der Waals surface area contributed by atoms with Gasteiger partial charge in [-0.3, -0.25) is 14.4 Å². The second-order valence-corrected chi connectivity index (χ2v) is 7.91. The molecule has 2 rings (SSSR count). The lowest BCUT2D eigenvalue weighted by Crippen LogP contribution is -2.47. The van der Waals surface area contributed by atoms with Crippen molar-refractivity contribution < 1.29 is 49.2 Å². The Hall–Kier alpha value is -5.63. The molecule has 7 N–H and O–H groups in total. The first-order valence-electron chi connectivity index (χ1n) is 11.0. The highest BCUT2D eigenvalue weighted by Crippen LogP contribution is 2.22. The zero-order chi connectivity index (χ0) is 29.1. The van der Waals surface area contributed by atoms with Crippen LogP contribution in [0, 0.1) is 0 Å². The molecule has 16 heteroatoms. The molecular weight excluding hydrogens is 520 g/mol. The topological polar surface area (TPSA) is 268 Å². The van der Waals surface area contributed by atoms with Crippen molar-refractivity contribution in [1.29, 1.82) is 0 Å². The maximum atomic E-state index is 12.6. The van der Waals surface area contributed by atoms with Crippen LogP contribution < -0.4 is 16.0 Å². The predicted octanol–water partition coefficient (Wildman–Crippen LogP) is 2.36. The Balaban J connectivity index is 2.08. The van der Waals surface area contributed by atoms with Gasteiger partial charge in [0.05, 0.1) is 11.5 Å².